The van der Waals surface area contributed by atoms with Crippen LogP contribution in [0.15, 0.2) is 23.1 Å². The number of rotatable bonds is 3. The van der Waals surface area contributed by atoms with Gasteiger partial charge in [0.1, 0.15) is 4.90 Å². The SMILES string of the molecule is Cl.N#Cc1ccc(S(=O)(=O)NC2CCNC2)c(Cl)c1. The second-order valence-corrected chi connectivity index (χ2v) is 6.16. The molecule has 5 nitrogen and oxygen atoms in total. The maximum Gasteiger partial charge on any atom is 0.242 e. The maximum atomic E-state index is 12.1. The van der Waals surface area contributed by atoms with Crippen LogP contribution in [0.25, 0.3) is 0 Å². The van der Waals surface area contributed by atoms with E-state index in [1.54, 1.807) is 0 Å². The number of hydrogen-bond acceptors (Lipinski definition) is 4. The number of hydrogen-bond donors (Lipinski definition) is 2. The largest absolute Gasteiger partial charge is 0.315 e. The summed E-state index contributed by atoms with van der Waals surface area (Å²) in [6.45, 7) is 1.42. The molecule has 0 saturated carbocycles. The Kier molecular flexibility index (Phi) is 5.59. The lowest BCUT2D eigenvalue weighted by Crippen LogP contribution is -2.36. The van der Waals surface area contributed by atoms with E-state index in [2.05, 4.69) is 10.0 Å². The minimum atomic E-state index is -3.63. The van der Waals surface area contributed by atoms with Crippen molar-refractivity contribution >= 4 is 34.0 Å². The lowest BCUT2D eigenvalue weighted by Gasteiger charge is -2.13. The molecule has 0 spiro atoms. The van der Waals surface area contributed by atoms with E-state index in [9.17, 15) is 8.42 Å². The van der Waals surface area contributed by atoms with Gasteiger partial charge in [-0.1, -0.05) is 11.6 Å². The van der Waals surface area contributed by atoms with Crippen LogP contribution in [-0.2, 0) is 10.0 Å². The highest BCUT2D eigenvalue weighted by atomic mass is 35.5. The van der Waals surface area contributed by atoms with E-state index >= 15 is 0 Å². The Morgan fingerprint density at radius 3 is 2.74 bits per heavy atom. The van der Waals surface area contributed by atoms with Crippen LogP contribution in [0.5, 0.6) is 0 Å². The van der Waals surface area contributed by atoms with Crippen molar-refractivity contribution in [3.05, 3.63) is 28.8 Å². The van der Waals surface area contributed by atoms with Gasteiger partial charge in [-0.2, -0.15) is 5.26 Å². The van der Waals surface area contributed by atoms with Gasteiger partial charge in [0.25, 0.3) is 0 Å². The third-order valence-corrected chi connectivity index (χ3v) is 4.74. The molecule has 1 fully saturated rings. The summed E-state index contributed by atoms with van der Waals surface area (Å²) in [7, 11) is -3.63. The first-order chi connectivity index (χ1) is 8.53. The van der Waals surface area contributed by atoms with Crippen molar-refractivity contribution in [1.82, 2.24) is 10.0 Å². The van der Waals surface area contributed by atoms with Crippen molar-refractivity contribution in [3.63, 3.8) is 0 Å². The van der Waals surface area contributed by atoms with E-state index in [0.717, 1.165) is 13.0 Å². The quantitative estimate of drug-likeness (QED) is 0.878. The van der Waals surface area contributed by atoms with Crippen LogP contribution in [0.1, 0.15) is 12.0 Å². The molecule has 19 heavy (non-hydrogen) atoms. The van der Waals surface area contributed by atoms with Crippen LogP contribution >= 0.6 is 24.0 Å². The molecule has 1 aromatic rings. The molecule has 2 N–H and O–H groups in total. The normalized spacial score (nSPS) is 18.6. The predicted molar refractivity (Wildman–Crippen MR) is 75.0 cm³/mol. The van der Waals surface area contributed by atoms with E-state index in [1.165, 1.54) is 18.2 Å². The van der Waals surface area contributed by atoms with Gasteiger partial charge >= 0.3 is 0 Å². The number of nitrogens with zero attached hydrogens (tertiary/aromatic N) is 1. The first-order valence-corrected chi connectivity index (χ1v) is 7.32. The highest BCUT2D eigenvalue weighted by Gasteiger charge is 2.24. The van der Waals surface area contributed by atoms with Crippen molar-refractivity contribution in [3.8, 4) is 6.07 Å². The molecule has 0 amide bonds. The van der Waals surface area contributed by atoms with Crippen molar-refractivity contribution in [2.24, 2.45) is 0 Å². The van der Waals surface area contributed by atoms with E-state index in [0.29, 0.717) is 12.1 Å². The fraction of sp³-hybridized carbons (Fsp3) is 0.364. The minimum Gasteiger partial charge on any atom is -0.315 e. The smallest absolute Gasteiger partial charge is 0.242 e. The zero-order valence-corrected chi connectivity index (χ0v) is 12.3. The molecule has 1 heterocycles. The van der Waals surface area contributed by atoms with Crippen LogP contribution < -0.4 is 10.0 Å². The Balaban J connectivity index is 0.00000180. The number of nitrogens with one attached hydrogen (secondary N) is 2. The van der Waals surface area contributed by atoms with Crippen molar-refractivity contribution in [2.45, 2.75) is 17.4 Å². The molecular formula is C11H13Cl2N3O2S. The average Bonchev–Trinajstić information content (AvgIpc) is 2.80. The summed E-state index contributed by atoms with van der Waals surface area (Å²) >= 11 is 5.89. The summed E-state index contributed by atoms with van der Waals surface area (Å²) in [5.74, 6) is 0. The van der Waals surface area contributed by atoms with Gasteiger partial charge in [0, 0.05) is 12.6 Å². The molecule has 0 radical (unpaired) electrons. The molecule has 0 bridgehead atoms. The van der Waals surface area contributed by atoms with Crippen LogP contribution in [0.3, 0.4) is 0 Å². The van der Waals surface area contributed by atoms with E-state index in [4.69, 9.17) is 16.9 Å². The molecule has 0 aromatic heterocycles. The molecule has 2 rings (SSSR count). The first-order valence-electron chi connectivity index (χ1n) is 5.45. The standard InChI is InChI=1S/C11H12ClN3O2S.ClH/c12-10-5-8(6-13)1-2-11(10)18(16,17)15-9-3-4-14-7-9;/h1-2,5,9,14-15H,3-4,7H2;1H. The summed E-state index contributed by atoms with van der Waals surface area (Å²) in [6.07, 6.45) is 0.757. The van der Waals surface area contributed by atoms with Gasteiger partial charge in [0.05, 0.1) is 16.7 Å². The summed E-state index contributed by atoms with van der Waals surface area (Å²) in [5.41, 5.74) is 0.335. The molecular weight excluding hydrogens is 309 g/mol. The average molecular weight is 322 g/mol. The zero-order valence-electron chi connectivity index (χ0n) is 9.89. The van der Waals surface area contributed by atoms with Crippen molar-refractivity contribution in [1.29, 1.82) is 5.26 Å². The summed E-state index contributed by atoms with van der Waals surface area (Å²) < 4.78 is 26.8. The molecule has 1 aliphatic rings. The molecule has 1 aliphatic heterocycles. The van der Waals surface area contributed by atoms with E-state index in [-0.39, 0.29) is 28.4 Å². The van der Waals surface area contributed by atoms with Crippen LogP contribution in [-0.4, -0.2) is 27.5 Å². The Hall–Kier alpha value is -0.840. The lowest BCUT2D eigenvalue weighted by molar-refractivity contribution is 0.560. The highest BCUT2D eigenvalue weighted by molar-refractivity contribution is 7.89. The van der Waals surface area contributed by atoms with Crippen molar-refractivity contribution in [2.75, 3.05) is 13.1 Å². The van der Waals surface area contributed by atoms with Gasteiger partial charge in [-0.25, -0.2) is 13.1 Å². The Labute approximate surface area is 123 Å². The second-order valence-electron chi connectivity index (χ2n) is 4.07. The number of halogens is 2. The van der Waals surface area contributed by atoms with E-state index in [1.807, 2.05) is 6.07 Å². The molecule has 1 saturated heterocycles. The summed E-state index contributed by atoms with van der Waals surface area (Å²) in [4.78, 5) is 0.00932. The first kappa shape index (κ1) is 16.2. The Bertz CT molecular complexity index is 592. The molecule has 8 heteroatoms. The fourth-order valence-corrected chi connectivity index (χ4v) is 3.64. The molecule has 1 aromatic carbocycles. The topological polar surface area (TPSA) is 82.0 Å². The lowest BCUT2D eigenvalue weighted by atomic mass is 10.2. The Morgan fingerprint density at radius 2 is 2.21 bits per heavy atom. The fourth-order valence-electron chi connectivity index (χ4n) is 1.83. The van der Waals surface area contributed by atoms with Gasteiger partial charge in [0.15, 0.2) is 0 Å². The van der Waals surface area contributed by atoms with Crippen LogP contribution in [0.2, 0.25) is 5.02 Å². The van der Waals surface area contributed by atoms with E-state index < -0.39 is 10.0 Å². The summed E-state index contributed by atoms with van der Waals surface area (Å²) in [6, 6.07) is 5.94. The minimum absolute atomic E-state index is 0. The third-order valence-electron chi connectivity index (χ3n) is 2.73. The number of nitriles is 1. The zero-order chi connectivity index (χ0) is 13.2. The third kappa shape index (κ3) is 3.81. The monoisotopic (exact) mass is 321 g/mol. The van der Waals surface area contributed by atoms with Gasteiger partial charge in [-0.05, 0) is 31.2 Å². The van der Waals surface area contributed by atoms with Crippen LogP contribution in [0.4, 0.5) is 0 Å². The van der Waals surface area contributed by atoms with Gasteiger partial charge in [-0.3, -0.25) is 0 Å². The van der Waals surface area contributed by atoms with Gasteiger partial charge in [0.2, 0.25) is 10.0 Å². The number of sulfonamides is 1. The van der Waals surface area contributed by atoms with Gasteiger partial charge in [-0.15, -0.1) is 12.4 Å². The molecule has 1 atom stereocenters. The number of benzene rings is 1. The van der Waals surface area contributed by atoms with Crippen LogP contribution in [0, 0.1) is 11.3 Å². The Morgan fingerprint density at radius 1 is 1.47 bits per heavy atom. The predicted octanol–water partition coefficient (Wildman–Crippen LogP) is 1.27. The summed E-state index contributed by atoms with van der Waals surface area (Å²) in [5, 5.41) is 11.8. The second kappa shape index (κ2) is 6.55. The molecule has 104 valence electrons. The van der Waals surface area contributed by atoms with Crippen molar-refractivity contribution < 1.29 is 8.42 Å². The highest BCUT2D eigenvalue weighted by Crippen LogP contribution is 2.22. The molecule has 0 aliphatic carbocycles. The molecule has 1 unspecified atom stereocenters. The van der Waals surface area contributed by atoms with Gasteiger partial charge < -0.3 is 5.32 Å². The maximum absolute atomic E-state index is 12.1.